The molecule has 0 aliphatic heterocycles. The molecule has 1 atom stereocenters. The molecular weight excluding hydrogens is 362 g/mol. The Balaban J connectivity index is 1.84. The Morgan fingerprint density at radius 3 is 1.72 bits per heavy atom. The van der Waals surface area contributed by atoms with Gasteiger partial charge in [-0.15, -0.1) is 0 Å². The Bertz CT molecular complexity index is 418. The number of nitrogens with one attached hydrogen (secondary N) is 1. The van der Waals surface area contributed by atoms with Gasteiger partial charge in [0.15, 0.2) is 0 Å². The summed E-state index contributed by atoms with van der Waals surface area (Å²) in [6.45, 7) is 4.47. The lowest BCUT2D eigenvalue weighted by molar-refractivity contribution is -0.147. The minimum absolute atomic E-state index is 0.0171. The third-order valence-corrected chi connectivity index (χ3v) is 6.18. The summed E-state index contributed by atoms with van der Waals surface area (Å²) in [7, 11) is 0. The summed E-state index contributed by atoms with van der Waals surface area (Å²) in [5, 5.41) is 2.81. The molecular formula is C25H47NO3. The maximum atomic E-state index is 12.1. The number of ether oxygens (including phenoxy) is 1. The maximum Gasteiger partial charge on any atom is 0.328 e. The minimum Gasteiger partial charge on any atom is -0.464 e. The van der Waals surface area contributed by atoms with Crippen molar-refractivity contribution in [1.29, 1.82) is 0 Å². The van der Waals surface area contributed by atoms with E-state index in [1.165, 1.54) is 77.0 Å². The summed E-state index contributed by atoms with van der Waals surface area (Å²) in [4.78, 5) is 24.0. The normalized spacial score (nSPS) is 15.4. The van der Waals surface area contributed by atoms with Crippen molar-refractivity contribution in [1.82, 2.24) is 5.32 Å². The van der Waals surface area contributed by atoms with Crippen molar-refractivity contribution in [3.63, 3.8) is 0 Å². The summed E-state index contributed by atoms with van der Waals surface area (Å²) < 4.78 is 5.32. The molecule has 0 aromatic heterocycles. The maximum absolute atomic E-state index is 12.1. The van der Waals surface area contributed by atoms with Crippen molar-refractivity contribution in [3.8, 4) is 0 Å². The van der Waals surface area contributed by atoms with Crippen LogP contribution < -0.4 is 5.32 Å². The van der Waals surface area contributed by atoms with Crippen LogP contribution >= 0.6 is 0 Å². The van der Waals surface area contributed by atoms with E-state index in [1.54, 1.807) is 6.92 Å². The number of hydrogen-bond donors (Lipinski definition) is 1. The standard InChI is InChI=1S/C25H47NO3/c1-3-4-5-6-7-8-9-10-11-12-13-14-15-18-21-29-25(28)22(2)26-24(27)23-19-16-17-20-23/h22-23H,3-21H2,1-2H3,(H,26,27). The number of hydrogen-bond acceptors (Lipinski definition) is 3. The second-order valence-electron chi connectivity index (χ2n) is 8.98. The first kappa shape index (κ1) is 26.0. The molecule has 0 aromatic rings. The fraction of sp³-hybridized carbons (Fsp3) is 0.920. The van der Waals surface area contributed by atoms with E-state index in [-0.39, 0.29) is 17.8 Å². The van der Waals surface area contributed by atoms with Gasteiger partial charge in [-0.1, -0.05) is 103 Å². The molecule has 0 heterocycles. The van der Waals surface area contributed by atoms with Gasteiger partial charge in [-0.05, 0) is 26.2 Å². The first-order chi connectivity index (χ1) is 14.1. The second kappa shape index (κ2) is 17.8. The van der Waals surface area contributed by atoms with Crippen LogP contribution in [0.15, 0.2) is 0 Å². The molecule has 1 N–H and O–H groups in total. The lowest BCUT2D eigenvalue weighted by Gasteiger charge is -2.16. The monoisotopic (exact) mass is 409 g/mol. The SMILES string of the molecule is CCCCCCCCCCCCCCCCOC(=O)C(C)NC(=O)C1CCCC1. The van der Waals surface area contributed by atoms with E-state index in [4.69, 9.17) is 4.74 Å². The van der Waals surface area contributed by atoms with Crippen molar-refractivity contribution < 1.29 is 14.3 Å². The molecule has 0 spiro atoms. The van der Waals surface area contributed by atoms with Gasteiger partial charge >= 0.3 is 5.97 Å². The van der Waals surface area contributed by atoms with Crippen molar-refractivity contribution in [2.24, 2.45) is 5.92 Å². The van der Waals surface area contributed by atoms with Crippen LogP contribution in [-0.2, 0) is 14.3 Å². The molecule has 1 aliphatic carbocycles. The Hall–Kier alpha value is -1.06. The lowest BCUT2D eigenvalue weighted by atomic mass is 10.0. The van der Waals surface area contributed by atoms with Crippen molar-refractivity contribution >= 4 is 11.9 Å². The van der Waals surface area contributed by atoms with Crippen LogP contribution in [0.25, 0.3) is 0 Å². The molecule has 1 amide bonds. The number of carbonyl (C=O) groups excluding carboxylic acids is 2. The van der Waals surface area contributed by atoms with Crippen LogP contribution in [0.2, 0.25) is 0 Å². The first-order valence-electron chi connectivity index (χ1n) is 12.6. The molecule has 1 saturated carbocycles. The van der Waals surface area contributed by atoms with Crippen molar-refractivity contribution in [2.75, 3.05) is 6.61 Å². The summed E-state index contributed by atoms with van der Waals surface area (Å²) in [5.74, 6) is -0.189. The van der Waals surface area contributed by atoms with E-state index in [0.717, 1.165) is 38.5 Å². The molecule has 0 bridgehead atoms. The average Bonchev–Trinajstić information content (AvgIpc) is 3.25. The lowest BCUT2D eigenvalue weighted by Crippen LogP contribution is -2.42. The van der Waals surface area contributed by atoms with Crippen molar-refractivity contribution in [3.05, 3.63) is 0 Å². The average molecular weight is 410 g/mol. The van der Waals surface area contributed by atoms with Gasteiger partial charge in [-0.2, -0.15) is 0 Å². The Morgan fingerprint density at radius 2 is 1.24 bits per heavy atom. The number of esters is 1. The minimum atomic E-state index is -0.533. The zero-order valence-corrected chi connectivity index (χ0v) is 19.3. The highest BCUT2D eigenvalue weighted by Crippen LogP contribution is 2.24. The predicted octanol–water partition coefficient (Wildman–Crippen LogP) is 6.71. The van der Waals surface area contributed by atoms with E-state index in [2.05, 4.69) is 12.2 Å². The molecule has 4 nitrogen and oxygen atoms in total. The van der Waals surface area contributed by atoms with Gasteiger partial charge in [0.2, 0.25) is 5.91 Å². The largest absolute Gasteiger partial charge is 0.464 e. The van der Waals surface area contributed by atoms with E-state index in [0.29, 0.717) is 6.61 Å². The van der Waals surface area contributed by atoms with E-state index in [9.17, 15) is 9.59 Å². The number of amides is 1. The van der Waals surface area contributed by atoms with Gasteiger partial charge in [0.25, 0.3) is 0 Å². The van der Waals surface area contributed by atoms with Crippen molar-refractivity contribution in [2.45, 2.75) is 135 Å². The van der Waals surface area contributed by atoms with E-state index in [1.807, 2.05) is 0 Å². The summed E-state index contributed by atoms with van der Waals surface area (Å²) in [6.07, 6.45) is 22.6. The van der Waals surface area contributed by atoms with Crippen LogP contribution in [0, 0.1) is 5.92 Å². The third kappa shape index (κ3) is 13.7. The quantitative estimate of drug-likeness (QED) is 0.202. The van der Waals surface area contributed by atoms with Gasteiger partial charge < -0.3 is 10.1 Å². The summed E-state index contributed by atoms with van der Waals surface area (Å²) in [5.41, 5.74) is 0. The molecule has 1 fully saturated rings. The third-order valence-electron chi connectivity index (χ3n) is 6.18. The van der Waals surface area contributed by atoms with Gasteiger partial charge in [-0.25, -0.2) is 4.79 Å². The molecule has 1 rings (SSSR count). The first-order valence-corrected chi connectivity index (χ1v) is 12.6. The summed E-state index contributed by atoms with van der Waals surface area (Å²) in [6, 6.07) is -0.533. The van der Waals surface area contributed by atoms with Gasteiger partial charge in [0.1, 0.15) is 6.04 Å². The molecule has 0 aromatic carbocycles. The molecule has 170 valence electrons. The molecule has 0 saturated heterocycles. The molecule has 29 heavy (non-hydrogen) atoms. The Labute approximate surface area is 179 Å². The highest BCUT2D eigenvalue weighted by atomic mass is 16.5. The molecule has 1 unspecified atom stereocenters. The number of unbranched alkanes of at least 4 members (excludes halogenated alkanes) is 13. The Morgan fingerprint density at radius 1 is 0.793 bits per heavy atom. The topological polar surface area (TPSA) is 55.4 Å². The molecule has 4 heteroatoms. The second-order valence-corrected chi connectivity index (χ2v) is 8.98. The van der Waals surface area contributed by atoms with Crippen LogP contribution in [0.5, 0.6) is 0 Å². The van der Waals surface area contributed by atoms with Crippen LogP contribution in [0.1, 0.15) is 129 Å². The summed E-state index contributed by atoms with van der Waals surface area (Å²) >= 11 is 0. The number of rotatable bonds is 18. The fourth-order valence-electron chi connectivity index (χ4n) is 4.17. The van der Waals surface area contributed by atoms with Gasteiger partial charge in [0.05, 0.1) is 6.61 Å². The van der Waals surface area contributed by atoms with Crippen LogP contribution in [0.4, 0.5) is 0 Å². The number of carbonyl (C=O) groups is 2. The molecule has 1 aliphatic rings. The fourth-order valence-corrected chi connectivity index (χ4v) is 4.17. The highest BCUT2D eigenvalue weighted by Gasteiger charge is 2.25. The zero-order chi connectivity index (χ0) is 21.2. The van der Waals surface area contributed by atoms with E-state index < -0.39 is 6.04 Å². The zero-order valence-electron chi connectivity index (χ0n) is 19.3. The van der Waals surface area contributed by atoms with Crippen LogP contribution in [0.3, 0.4) is 0 Å². The van der Waals surface area contributed by atoms with Gasteiger partial charge in [0, 0.05) is 5.92 Å². The van der Waals surface area contributed by atoms with Crippen LogP contribution in [-0.4, -0.2) is 24.5 Å². The molecule has 0 radical (unpaired) electrons. The smallest absolute Gasteiger partial charge is 0.328 e. The van der Waals surface area contributed by atoms with Gasteiger partial charge in [-0.3, -0.25) is 4.79 Å². The highest BCUT2D eigenvalue weighted by molar-refractivity contribution is 5.85. The predicted molar refractivity (Wildman–Crippen MR) is 121 cm³/mol. The van der Waals surface area contributed by atoms with E-state index >= 15 is 0 Å². The Kier molecular flexibility index (Phi) is 15.9.